The van der Waals surface area contributed by atoms with Gasteiger partial charge in [-0.3, -0.25) is 0 Å². The minimum atomic E-state index is -0.00848. The molecule has 1 aliphatic heterocycles. The highest BCUT2D eigenvalue weighted by Gasteiger charge is 2.23. The van der Waals surface area contributed by atoms with E-state index < -0.39 is 0 Å². The van der Waals surface area contributed by atoms with Crippen LogP contribution in [0.4, 0.5) is 0 Å². The quantitative estimate of drug-likeness (QED) is 0.915. The first kappa shape index (κ1) is 14.5. The first-order valence-corrected chi connectivity index (χ1v) is 8.34. The van der Waals surface area contributed by atoms with Crippen LogP contribution in [-0.4, -0.2) is 12.4 Å². The summed E-state index contributed by atoms with van der Waals surface area (Å²) >= 11 is 1.92. The monoisotopic (exact) mass is 299 g/mol. The van der Waals surface area contributed by atoms with E-state index in [-0.39, 0.29) is 6.04 Å². The minimum Gasteiger partial charge on any atom is -0.493 e. The van der Waals surface area contributed by atoms with Crippen LogP contribution in [0.15, 0.2) is 47.4 Å². The Morgan fingerprint density at radius 3 is 2.90 bits per heavy atom. The summed E-state index contributed by atoms with van der Waals surface area (Å²) < 4.78 is 6.13. The van der Waals surface area contributed by atoms with Crippen LogP contribution in [-0.2, 0) is 0 Å². The molecular formula is C18H21NOS. The Hall–Kier alpha value is -1.45. The molecule has 2 aromatic carbocycles. The molecule has 0 bridgehead atoms. The van der Waals surface area contributed by atoms with Crippen LogP contribution in [0, 0.1) is 6.92 Å². The standard InChI is InChI=1S/C18H21NOS/c1-12-7-8-15(13(2)19)17(9-12)20-10-14-11-21-18-6-4-3-5-16(14)18/h3-9,13-14H,10-11,19H2,1-2H3/t13-,14?/m0/s1. The molecule has 0 radical (unpaired) electrons. The van der Waals surface area contributed by atoms with E-state index >= 15 is 0 Å². The number of hydrogen-bond acceptors (Lipinski definition) is 3. The molecule has 0 fully saturated rings. The van der Waals surface area contributed by atoms with Crippen molar-refractivity contribution < 1.29 is 4.74 Å². The zero-order valence-electron chi connectivity index (χ0n) is 12.5. The van der Waals surface area contributed by atoms with E-state index in [1.54, 1.807) is 0 Å². The van der Waals surface area contributed by atoms with E-state index in [2.05, 4.69) is 49.4 Å². The summed E-state index contributed by atoms with van der Waals surface area (Å²) in [6, 6.07) is 14.9. The summed E-state index contributed by atoms with van der Waals surface area (Å²) in [6.07, 6.45) is 0. The van der Waals surface area contributed by atoms with Crippen molar-refractivity contribution in [2.24, 2.45) is 5.73 Å². The summed E-state index contributed by atoms with van der Waals surface area (Å²) in [7, 11) is 0. The Labute approximate surface area is 130 Å². The van der Waals surface area contributed by atoms with E-state index in [0.717, 1.165) is 17.1 Å². The van der Waals surface area contributed by atoms with Gasteiger partial charge in [0.05, 0.1) is 6.61 Å². The lowest BCUT2D eigenvalue weighted by molar-refractivity contribution is 0.293. The maximum Gasteiger partial charge on any atom is 0.124 e. The Balaban J connectivity index is 1.76. The van der Waals surface area contributed by atoms with Crippen molar-refractivity contribution in [1.82, 2.24) is 0 Å². The SMILES string of the molecule is Cc1ccc([C@H](C)N)c(OCC2CSc3ccccc32)c1. The van der Waals surface area contributed by atoms with Gasteiger partial charge in [-0.2, -0.15) is 0 Å². The predicted octanol–water partition coefficient (Wildman–Crippen LogP) is 4.28. The average Bonchev–Trinajstić information content (AvgIpc) is 2.88. The first-order chi connectivity index (χ1) is 10.1. The molecule has 2 atom stereocenters. The van der Waals surface area contributed by atoms with Crippen LogP contribution >= 0.6 is 11.8 Å². The number of thioether (sulfide) groups is 1. The molecule has 0 amide bonds. The number of rotatable bonds is 4. The van der Waals surface area contributed by atoms with Crippen LogP contribution in [0.1, 0.15) is 35.6 Å². The Bertz CT molecular complexity index is 639. The van der Waals surface area contributed by atoms with Crippen molar-refractivity contribution in [2.75, 3.05) is 12.4 Å². The molecule has 1 unspecified atom stereocenters. The Morgan fingerprint density at radius 2 is 2.10 bits per heavy atom. The van der Waals surface area contributed by atoms with Crippen molar-refractivity contribution in [2.45, 2.75) is 30.7 Å². The van der Waals surface area contributed by atoms with Gasteiger partial charge in [0.1, 0.15) is 5.75 Å². The maximum atomic E-state index is 6.13. The Kier molecular flexibility index (Phi) is 4.22. The van der Waals surface area contributed by atoms with Gasteiger partial charge in [0.2, 0.25) is 0 Å². The van der Waals surface area contributed by atoms with Gasteiger partial charge in [0.15, 0.2) is 0 Å². The second-order valence-electron chi connectivity index (χ2n) is 5.69. The van der Waals surface area contributed by atoms with Gasteiger partial charge >= 0.3 is 0 Å². The topological polar surface area (TPSA) is 35.2 Å². The predicted molar refractivity (Wildman–Crippen MR) is 89.2 cm³/mol. The van der Waals surface area contributed by atoms with E-state index in [0.29, 0.717) is 12.5 Å². The summed E-state index contributed by atoms with van der Waals surface area (Å²) in [6.45, 7) is 4.80. The fraction of sp³-hybridized carbons (Fsp3) is 0.333. The van der Waals surface area contributed by atoms with Gasteiger partial charge in [-0.05, 0) is 37.1 Å². The van der Waals surface area contributed by atoms with Gasteiger partial charge < -0.3 is 10.5 Å². The summed E-state index contributed by atoms with van der Waals surface area (Å²) in [5, 5.41) is 0. The Morgan fingerprint density at radius 1 is 1.29 bits per heavy atom. The largest absolute Gasteiger partial charge is 0.493 e. The number of fused-ring (bicyclic) bond motifs is 1. The van der Waals surface area contributed by atoms with Crippen molar-refractivity contribution in [3.63, 3.8) is 0 Å². The first-order valence-electron chi connectivity index (χ1n) is 7.36. The van der Waals surface area contributed by atoms with E-state index in [4.69, 9.17) is 10.5 Å². The maximum absolute atomic E-state index is 6.13. The molecule has 0 aliphatic carbocycles. The van der Waals surface area contributed by atoms with Crippen LogP contribution in [0.5, 0.6) is 5.75 Å². The van der Waals surface area contributed by atoms with Crippen LogP contribution in [0.25, 0.3) is 0 Å². The molecule has 110 valence electrons. The molecule has 21 heavy (non-hydrogen) atoms. The van der Waals surface area contributed by atoms with Crippen LogP contribution in [0.3, 0.4) is 0 Å². The molecule has 0 saturated carbocycles. The van der Waals surface area contributed by atoms with Gasteiger partial charge in [0.25, 0.3) is 0 Å². The van der Waals surface area contributed by atoms with Crippen molar-refractivity contribution >= 4 is 11.8 Å². The highest BCUT2D eigenvalue weighted by atomic mass is 32.2. The highest BCUT2D eigenvalue weighted by Crippen LogP contribution is 2.39. The number of aryl methyl sites for hydroxylation is 1. The lowest BCUT2D eigenvalue weighted by Gasteiger charge is -2.17. The van der Waals surface area contributed by atoms with E-state index in [1.165, 1.54) is 16.0 Å². The third-order valence-electron chi connectivity index (χ3n) is 3.90. The third kappa shape index (κ3) is 3.09. The van der Waals surface area contributed by atoms with E-state index in [9.17, 15) is 0 Å². The molecular weight excluding hydrogens is 278 g/mol. The van der Waals surface area contributed by atoms with Crippen LogP contribution < -0.4 is 10.5 Å². The van der Waals surface area contributed by atoms with E-state index in [1.807, 2.05) is 18.7 Å². The molecule has 2 aromatic rings. The molecule has 0 spiro atoms. The average molecular weight is 299 g/mol. The zero-order valence-corrected chi connectivity index (χ0v) is 13.3. The second kappa shape index (κ2) is 6.12. The molecule has 0 aromatic heterocycles. The fourth-order valence-corrected chi connectivity index (χ4v) is 3.93. The zero-order chi connectivity index (χ0) is 14.8. The van der Waals surface area contributed by atoms with Gasteiger partial charge in [-0.1, -0.05) is 30.3 Å². The number of ether oxygens (including phenoxy) is 1. The third-order valence-corrected chi connectivity index (χ3v) is 5.15. The second-order valence-corrected chi connectivity index (χ2v) is 6.75. The fourth-order valence-electron chi connectivity index (χ4n) is 2.70. The molecule has 0 saturated heterocycles. The van der Waals surface area contributed by atoms with Crippen molar-refractivity contribution in [3.8, 4) is 5.75 Å². The number of nitrogens with two attached hydrogens (primary N) is 1. The molecule has 1 aliphatic rings. The normalized spacial score (nSPS) is 18.3. The van der Waals surface area contributed by atoms with Gasteiger partial charge in [-0.15, -0.1) is 11.8 Å². The number of hydrogen-bond donors (Lipinski definition) is 1. The van der Waals surface area contributed by atoms with Gasteiger partial charge in [0, 0.05) is 28.2 Å². The lowest BCUT2D eigenvalue weighted by atomic mass is 10.0. The summed E-state index contributed by atoms with van der Waals surface area (Å²) in [5.41, 5.74) is 9.74. The summed E-state index contributed by atoms with van der Waals surface area (Å²) in [4.78, 5) is 1.39. The molecule has 2 nitrogen and oxygen atoms in total. The van der Waals surface area contributed by atoms with Gasteiger partial charge in [-0.25, -0.2) is 0 Å². The smallest absolute Gasteiger partial charge is 0.124 e. The minimum absolute atomic E-state index is 0.00848. The van der Waals surface area contributed by atoms with Crippen molar-refractivity contribution in [3.05, 3.63) is 59.2 Å². The van der Waals surface area contributed by atoms with Crippen LogP contribution in [0.2, 0.25) is 0 Å². The molecule has 3 rings (SSSR count). The molecule has 2 N–H and O–H groups in total. The number of benzene rings is 2. The summed E-state index contributed by atoms with van der Waals surface area (Å²) in [5.74, 6) is 2.49. The molecule has 3 heteroatoms. The molecule has 1 heterocycles. The highest BCUT2D eigenvalue weighted by molar-refractivity contribution is 7.99. The lowest BCUT2D eigenvalue weighted by Crippen LogP contribution is -2.13. The van der Waals surface area contributed by atoms with Crippen molar-refractivity contribution in [1.29, 1.82) is 0 Å².